The summed E-state index contributed by atoms with van der Waals surface area (Å²) in [4.78, 5) is 26.4. The summed E-state index contributed by atoms with van der Waals surface area (Å²) in [5.74, 6) is 1.13. The van der Waals surface area contributed by atoms with Gasteiger partial charge in [-0.25, -0.2) is 4.79 Å². The highest BCUT2D eigenvalue weighted by atomic mass is 79.9. The fraction of sp³-hybridized carbons (Fsp3) is 0.300. The van der Waals surface area contributed by atoms with Crippen molar-refractivity contribution < 1.29 is 19.1 Å². The normalized spacial score (nSPS) is 19.1. The third-order valence-electron chi connectivity index (χ3n) is 4.40. The monoisotopic (exact) mass is 432 g/mol. The average molecular weight is 433 g/mol. The molecule has 0 radical (unpaired) electrons. The zero-order valence-electron chi connectivity index (χ0n) is 15.2. The number of hydrogen-bond donors (Lipinski definition) is 1. The van der Waals surface area contributed by atoms with Gasteiger partial charge in [0.25, 0.3) is 5.91 Å². The lowest BCUT2D eigenvalue weighted by Gasteiger charge is -2.22. The number of rotatable bonds is 7. The first-order chi connectivity index (χ1) is 12.9. The topological polar surface area (TPSA) is 67.9 Å². The Morgan fingerprint density at radius 3 is 2.37 bits per heavy atom. The number of imide groups is 1. The zero-order valence-corrected chi connectivity index (χ0v) is 16.8. The summed E-state index contributed by atoms with van der Waals surface area (Å²) in [5.41, 5.74) is -0.356. The SMILES string of the molecule is CCOc1ccc(OCCN2C(=O)N[C@](C)(c3cccc(Br)c3)C2=O)cc1. The molecule has 1 atom stereocenters. The highest BCUT2D eigenvalue weighted by Gasteiger charge is 2.48. The molecule has 3 rings (SSSR count). The molecule has 0 aromatic heterocycles. The molecular formula is C20H21BrN2O4. The van der Waals surface area contributed by atoms with Crippen molar-refractivity contribution >= 4 is 27.9 Å². The zero-order chi connectivity index (χ0) is 19.4. The number of urea groups is 1. The first-order valence-electron chi connectivity index (χ1n) is 8.70. The number of ether oxygens (including phenoxy) is 2. The van der Waals surface area contributed by atoms with Crippen molar-refractivity contribution in [3.63, 3.8) is 0 Å². The lowest BCUT2D eigenvalue weighted by molar-refractivity contribution is -0.131. The van der Waals surface area contributed by atoms with Crippen molar-refractivity contribution in [2.24, 2.45) is 0 Å². The van der Waals surface area contributed by atoms with Gasteiger partial charge in [-0.2, -0.15) is 0 Å². The van der Waals surface area contributed by atoms with Gasteiger partial charge in [-0.05, 0) is 55.8 Å². The fourth-order valence-electron chi connectivity index (χ4n) is 2.95. The number of benzene rings is 2. The van der Waals surface area contributed by atoms with E-state index in [-0.39, 0.29) is 19.1 Å². The van der Waals surface area contributed by atoms with Crippen LogP contribution in [-0.2, 0) is 10.3 Å². The Kier molecular flexibility index (Phi) is 5.70. The fourth-order valence-corrected chi connectivity index (χ4v) is 3.35. The molecule has 1 saturated heterocycles. The van der Waals surface area contributed by atoms with Crippen LogP contribution in [0.15, 0.2) is 53.0 Å². The lowest BCUT2D eigenvalue weighted by atomic mass is 9.92. The molecule has 1 aliphatic heterocycles. The van der Waals surface area contributed by atoms with Gasteiger partial charge in [0.15, 0.2) is 0 Å². The summed E-state index contributed by atoms with van der Waals surface area (Å²) in [7, 11) is 0. The van der Waals surface area contributed by atoms with E-state index < -0.39 is 11.6 Å². The van der Waals surface area contributed by atoms with Gasteiger partial charge in [0, 0.05) is 4.47 Å². The predicted octanol–water partition coefficient (Wildman–Crippen LogP) is 3.69. The Morgan fingerprint density at radius 2 is 1.74 bits per heavy atom. The molecule has 142 valence electrons. The van der Waals surface area contributed by atoms with E-state index in [1.165, 1.54) is 4.90 Å². The number of carbonyl (C=O) groups excluding carboxylic acids is 2. The minimum atomic E-state index is -1.08. The van der Waals surface area contributed by atoms with Crippen LogP contribution in [0.4, 0.5) is 4.79 Å². The van der Waals surface area contributed by atoms with E-state index in [2.05, 4.69) is 21.2 Å². The van der Waals surface area contributed by atoms with E-state index >= 15 is 0 Å². The van der Waals surface area contributed by atoms with Gasteiger partial charge in [0.2, 0.25) is 0 Å². The van der Waals surface area contributed by atoms with Gasteiger partial charge in [-0.3, -0.25) is 9.69 Å². The van der Waals surface area contributed by atoms with Crippen LogP contribution in [0.5, 0.6) is 11.5 Å². The van der Waals surface area contributed by atoms with Gasteiger partial charge < -0.3 is 14.8 Å². The molecule has 0 bridgehead atoms. The van der Waals surface area contributed by atoms with Crippen molar-refractivity contribution in [3.8, 4) is 11.5 Å². The van der Waals surface area contributed by atoms with Crippen LogP contribution in [0.25, 0.3) is 0 Å². The molecule has 3 amide bonds. The molecule has 0 spiro atoms. The maximum atomic E-state index is 12.9. The number of nitrogens with one attached hydrogen (secondary N) is 1. The second-order valence-electron chi connectivity index (χ2n) is 6.28. The van der Waals surface area contributed by atoms with Gasteiger partial charge in [0.05, 0.1) is 13.2 Å². The van der Waals surface area contributed by atoms with Gasteiger partial charge in [-0.15, -0.1) is 0 Å². The molecule has 1 heterocycles. The quantitative estimate of drug-likeness (QED) is 0.677. The van der Waals surface area contributed by atoms with Crippen molar-refractivity contribution in [1.29, 1.82) is 0 Å². The first kappa shape index (κ1) is 19.2. The van der Waals surface area contributed by atoms with E-state index in [0.29, 0.717) is 12.4 Å². The Morgan fingerprint density at radius 1 is 1.07 bits per heavy atom. The van der Waals surface area contributed by atoms with E-state index in [9.17, 15) is 9.59 Å². The van der Waals surface area contributed by atoms with E-state index in [1.807, 2.05) is 43.3 Å². The highest BCUT2D eigenvalue weighted by Crippen LogP contribution is 2.30. The molecule has 0 aliphatic carbocycles. The molecule has 0 unspecified atom stereocenters. The maximum absolute atomic E-state index is 12.9. The molecule has 1 N–H and O–H groups in total. The Hall–Kier alpha value is -2.54. The molecule has 2 aromatic carbocycles. The lowest BCUT2D eigenvalue weighted by Crippen LogP contribution is -2.41. The van der Waals surface area contributed by atoms with Crippen LogP contribution >= 0.6 is 15.9 Å². The van der Waals surface area contributed by atoms with Gasteiger partial charge in [-0.1, -0.05) is 28.1 Å². The van der Waals surface area contributed by atoms with Crippen molar-refractivity contribution in [1.82, 2.24) is 10.2 Å². The average Bonchev–Trinajstić information content (AvgIpc) is 2.87. The number of carbonyl (C=O) groups is 2. The van der Waals surface area contributed by atoms with Gasteiger partial charge >= 0.3 is 6.03 Å². The molecule has 0 saturated carbocycles. The minimum Gasteiger partial charge on any atom is -0.494 e. The molecule has 1 fully saturated rings. The molecule has 1 aliphatic rings. The van der Waals surface area contributed by atoms with Crippen molar-refractivity contribution in [2.45, 2.75) is 19.4 Å². The molecule has 6 nitrogen and oxygen atoms in total. The summed E-state index contributed by atoms with van der Waals surface area (Å²) in [6.07, 6.45) is 0. The second kappa shape index (κ2) is 8.00. The summed E-state index contributed by atoms with van der Waals surface area (Å²) >= 11 is 3.40. The largest absolute Gasteiger partial charge is 0.494 e. The molecule has 2 aromatic rings. The van der Waals surface area contributed by atoms with Crippen molar-refractivity contribution in [2.75, 3.05) is 19.8 Å². The van der Waals surface area contributed by atoms with Gasteiger partial charge in [0.1, 0.15) is 23.6 Å². The number of amides is 3. The van der Waals surface area contributed by atoms with Crippen LogP contribution in [0.3, 0.4) is 0 Å². The van der Waals surface area contributed by atoms with E-state index in [0.717, 1.165) is 15.8 Å². The summed E-state index contributed by atoms with van der Waals surface area (Å²) in [5, 5.41) is 2.79. The molecule has 7 heteroatoms. The second-order valence-corrected chi connectivity index (χ2v) is 7.19. The van der Waals surface area contributed by atoms with Crippen LogP contribution < -0.4 is 14.8 Å². The van der Waals surface area contributed by atoms with Crippen molar-refractivity contribution in [3.05, 3.63) is 58.6 Å². The highest BCUT2D eigenvalue weighted by molar-refractivity contribution is 9.10. The van der Waals surface area contributed by atoms with E-state index in [4.69, 9.17) is 9.47 Å². The number of hydrogen-bond acceptors (Lipinski definition) is 4. The predicted molar refractivity (Wildman–Crippen MR) is 105 cm³/mol. The Bertz CT molecular complexity index is 840. The molecular weight excluding hydrogens is 412 g/mol. The number of nitrogens with zero attached hydrogens (tertiary/aromatic N) is 1. The maximum Gasteiger partial charge on any atom is 0.325 e. The van der Waals surface area contributed by atoms with E-state index in [1.54, 1.807) is 19.1 Å². The summed E-state index contributed by atoms with van der Waals surface area (Å²) in [6.45, 7) is 4.61. The Labute approximate surface area is 166 Å². The first-order valence-corrected chi connectivity index (χ1v) is 9.49. The molecule has 27 heavy (non-hydrogen) atoms. The smallest absolute Gasteiger partial charge is 0.325 e. The van der Waals surface area contributed by atoms with Crippen LogP contribution in [-0.4, -0.2) is 36.6 Å². The Balaban J connectivity index is 1.62. The van der Waals surface area contributed by atoms with Crippen LogP contribution in [0, 0.1) is 0 Å². The minimum absolute atomic E-state index is 0.168. The summed E-state index contributed by atoms with van der Waals surface area (Å²) < 4.78 is 11.9. The summed E-state index contributed by atoms with van der Waals surface area (Å²) in [6, 6.07) is 14.2. The third-order valence-corrected chi connectivity index (χ3v) is 4.89. The van der Waals surface area contributed by atoms with Crippen LogP contribution in [0.2, 0.25) is 0 Å². The van der Waals surface area contributed by atoms with Crippen LogP contribution in [0.1, 0.15) is 19.4 Å². The standard InChI is InChI=1S/C20H21BrN2O4/c1-3-26-16-7-9-17(10-8-16)27-12-11-23-18(24)20(2,22-19(23)25)14-5-4-6-15(21)13-14/h4-10,13H,3,11-12H2,1-2H3,(H,22,25)/t20-/m1/s1. The number of halogens is 1. The third kappa shape index (κ3) is 4.08.